The molecule has 2 N–H and O–H groups in total. The lowest BCUT2D eigenvalue weighted by molar-refractivity contribution is -0.140. The van der Waals surface area contributed by atoms with Crippen LogP contribution in [-0.4, -0.2) is 67.0 Å². The summed E-state index contributed by atoms with van der Waals surface area (Å²) in [4.78, 5) is 31.5. The molecule has 1 aromatic carbocycles. The number of halogens is 1. The molecule has 2 aliphatic heterocycles. The number of fused-ring (bicyclic) bond motifs is 1. The molecule has 4 rings (SSSR count). The van der Waals surface area contributed by atoms with Crippen molar-refractivity contribution < 1.29 is 14.3 Å². The van der Waals surface area contributed by atoms with Crippen molar-refractivity contribution in [1.82, 2.24) is 9.80 Å². The van der Waals surface area contributed by atoms with Crippen LogP contribution < -0.4 is 15.4 Å². The van der Waals surface area contributed by atoms with E-state index in [2.05, 4.69) is 9.80 Å². The Kier molecular flexibility index (Phi) is 8.06. The topological polar surface area (TPSA) is 79.1 Å². The van der Waals surface area contributed by atoms with Crippen LogP contribution >= 0.6 is 12.4 Å². The normalized spacial score (nSPS) is 23.5. The van der Waals surface area contributed by atoms with Crippen LogP contribution in [-0.2, 0) is 9.59 Å². The number of anilines is 2. The summed E-state index contributed by atoms with van der Waals surface area (Å²) in [5, 5.41) is 0. The van der Waals surface area contributed by atoms with E-state index < -0.39 is 0 Å². The fraction of sp³-hybridized carbons (Fsp3) is 0.583. The van der Waals surface area contributed by atoms with E-state index in [1.807, 2.05) is 44.2 Å². The molecule has 2 saturated heterocycles. The molecule has 32 heavy (non-hydrogen) atoms. The quantitative estimate of drug-likeness (QED) is 0.381. The molecular weight excluding hydrogens is 428 g/mol. The predicted octanol–water partition coefficient (Wildman–Crippen LogP) is 2.94. The van der Waals surface area contributed by atoms with Gasteiger partial charge in [-0.3, -0.25) is 19.4 Å². The van der Waals surface area contributed by atoms with Gasteiger partial charge >= 0.3 is 0 Å². The van der Waals surface area contributed by atoms with Crippen LogP contribution in [0.15, 0.2) is 30.4 Å². The second-order valence-corrected chi connectivity index (χ2v) is 9.06. The molecule has 0 spiro atoms. The average Bonchev–Trinajstić information content (AvgIpc) is 2.99. The molecule has 2 fully saturated rings. The Bertz CT molecular complexity index is 826. The maximum absolute atomic E-state index is 12.6. The third kappa shape index (κ3) is 5.21. The third-order valence-electron chi connectivity index (χ3n) is 6.51. The van der Waals surface area contributed by atoms with Crippen LogP contribution in [0.1, 0.15) is 33.1 Å². The number of hydrogen-bond donors (Lipinski definition) is 1. The van der Waals surface area contributed by atoms with Gasteiger partial charge in [0.25, 0.3) is 0 Å². The number of amides is 2. The Morgan fingerprint density at radius 2 is 1.62 bits per heavy atom. The molecule has 176 valence electrons. The van der Waals surface area contributed by atoms with Crippen molar-refractivity contribution in [3.8, 4) is 5.75 Å². The van der Waals surface area contributed by atoms with Gasteiger partial charge in [-0.05, 0) is 51.8 Å². The molecule has 0 saturated carbocycles. The highest BCUT2D eigenvalue weighted by molar-refractivity contribution is 6.05. The smallest absolute Gasteiger partial charge is 0.233 e. The largest absolute Gasteiger partial charge is 0.489 e. The molecule has 0 aromatic heterocycles. The Morgan fingerprint density at radius 3 is 2.22 bits per heavy atom. The number of nitrogens with zero attached hydrogens (tertiary/aromatic N) is 3. The van der Waals surface area contributed by atoms with Crippen LogP contribution in [0.25, 0.3) is 0 Å². The number of imide groups is 1. The Hall–Kier alpha value is -2.25. The second-order valence-electron chi connectivity index (χ2n) is 9.06. The molecule has 2 unspecified atom stereocenters. The lowest BCUT2D eigenvalue weighted by Crippen LogP contribution is -2.47. The number of carbonyl (C=O) groups is 2. The lowest BCUT2D eigenvalue weighted by Gasteiger charge is -2.37. The van der Waals surface area contributed by atoms with Crippen LogP contribution in [0.3, 0.4) is 0 Å². The van der Waals surface area contributed by atoms with Gasteiger partial charge < -0.3 is 15.4 Å². The number of ether oxygens (including phenoxy) is 1. The van der Waals surface area contributed by atoms with Gasteiger partial charge in [0, 0.05) is 44.5 Å². The number of nitrogens with two attached hydrogens (primary N) is 1. The minimum Gasteiger partial charge on any atom is -0.489 e. The van der Waals surface area contributed by atoms with E-state index in [-0.39, 0.29) is 42.2 Å². The number of piperazine rings is 1. The number of hydrogen-bond acceptors (Lipinski definition) is 6. The Labute approximate surface area is 197 Å². The average molecular weight is 463 g/mol. The Morgan fingerprint density at radius 1 is 1.00 bits per heavy atom. The van der Waals surface area contributed by atoms with Crippen molar-refractivity contribution in [2.75, 3.05) is 49.9 Å². The highest BCUT2D eigenvalue weighted by Crippen LogP contribution is 2.35. The SMILES string of the molecule is CC(C)Oc1cc(N)ccc1N1CCN(CCCN2C(=O)C3CC=CCC3C2=O)CC1.Cl. The van der Waals surface area contributed by atoms with Gasteiger partial charge in [0.2, 0.25) is 11.8 Å². The molecule has 0 radical (unpaired) electrons. The first-order valence-corrected chi connectivity index (χ1v) is 11.5. The zero-order valence-electron chi connectivity index (χ0n) is 19.0. The summed E-state index contributed by atoms with van der Waals surface area (Å²) in [6.07, 6.45) is 6.41. The van der Waals surface area contributed by atoms with Crippen LogP contribution in [0.2, 0.25) is 0 Å². The molecule has 2 atom stereocenters. The number of allylic oxidation sites excluding steroid dienone is 2. The zero-order chi connectivity index (χ0) is 22.0. The van der Waals surface area contributed by atoms with Crippen molar-refractivity contribution in [3.63, 3.8) is 0 Å². The van der Waals surface area contributed by atoms with E-state index in [0.29, 0.717) is 25.1 Å². The van der Waals surface area contributed by atoms with Gasteiger partial charge in [0.05, 0.1) is 23.6 Å². The number of nitrogen functional groups attached to an aromatic ring is 1. The summed E-state index contributed by atoms with van der Waals surface area (Å²) >= 11 is 0. The summed E-state index contributed by atoms with van der Waals surface area (Å²) in [5.74, 6) is 0.660. The number of likely N-dealkylation sites (tertiary alicyclic amines) is 1. The maximum Gasteiger partial charge on any atom is 0.233 e. The van der Waals surface area contributed by atoms with E-state index in [4.69, 9.17) is 10.5 Å². The van der Waals surface area contributed by atoms with Crippen LogP contribution in [0.4, 0.5) is 11.4 Å². The van der Waals surface area contributed by atoms with Crippen molar-refractivity contribution in [1.29, 1.82) is 0 Å². The van der Waals surface area contributed by atoms with E-state index in [0.717, 1.165) is 50.6 Å². The first kappa shape index (κ1) is 24.4. The first-order valence-electron chi connectivity index (χ1n) is 11.5. The molecule has 8 heteroatoms. The monoisotopic (exact) mass is 462 g/mol. The molecular formula is C24H35ClN4O3. The molecule has 1 aromatic rings. The second kappa shape index (κ2) is 10.6. The molecule has 2 heterocycles. The summed E-state index contributed by atoms with van der Waals surface area (Å²) in [6, 6.07) is 5.87. The summed E-state index contributed by atoms with van der Waals surface area (Å²) in [5.41, 5.74) is 7.76. The molecule has 3 aliphatic rings. The van der Waals surface area contributed by atoms with Gasteiger partial charge in [-0.25, -0.2) is 0 Å². The van der Waals surface area contributed by atoms with E-state index in [1.165, 1.54) is 4.90 Å². The number of rotatable bonds is 7. The van der Waals surface area contributed by atoms with Crippen molar-refractivity contribution in [2.24, 2.45) is 11.8 Å². The predicted molar refractivity (Wildman–Crippen MR) is 129 cm³/mol. The summed E-state index contributed by atoms with van der Waals surface area (Å²) in [6.45, 7) is 9.19. The highest BCUT2D eigenvalue weighted by atomic mass is 35.5. The van der Waals surface area contributed by atoms with Crippen molar-refractivity contribution in [2.45, 2.75) is 39.2 Å². The minimum absolute atomic E-state index is 0. The summed E-state index contributed by atoms with van der Waals surface area (Å²) < 4.78 is 5.98. The van der Waals surface area contributed by atoms with Crippen LogP contribution in [0, 0.1) is 11.8 Å². The molecule has 0 bridgehead atoms. The van der Waals surface area contributed by atoms with Gasteiger partial charge in [0.15, 0.2) is 0 Å². The number of benzene rings is 1. The van der Waals surface area contributed by atoms with Gasteiger partial charge in [0.1, 0.15) is 5.75 Å². The fourth-order valence-electron chi connectivity index (χ4n) is 4.89. The molecule has 2 amide bonds. The number of carbonyl (C=O) groups excluding carboxylic acids is 2. The van der Waals surface area contributed by atoms with E-state index >= 15 is 0 Å². The van der Waals surface area contributed by atoms with Gasteiger partial charge in [-0.1, -0.05) is 12.2 Å². The van der Waals surface area contributed by atoms with Gasteiger partial charge in [-0.2, -0.15) is 0 Å². The maximum atomic E-state index is 12.6. The van der Waals surface area contributed by atoms with Gasteiger partial charge in [-0.15, -0.1) is 12.4 Å². The molecule has 1 aliphatic carbocycles. The molecule has 7 nitrogen and oxygen atoms in total. The van der Waals surface area contributed by atoms with Crippen molar-refractivity contribution >= 4 is 35.6 Å². The standard InChI is InChI=1S/C24H34N4O3.ClH/c1-17(2)31-22-16-18(25)8-9-21(22)27-14-12-26(13-15-27)10-5-11-28-23(29)19-6-3-4-7-20(19)24(28)30;/h3-4,8-9,16-17,19-20H,5-7,10-15,25H2,1-2H3;1H. The zero-order valence-corrected chi connectivity index (χ0v) is 19.9. The Balaban J connectivity index is 0.00000289. The van der Waals surface area contributed by atoms with E-state index in [1.54, 1.807) is 0 Å². The van der Waals surface area contributed by atoms with E-state index in [9.17, 15) is 9.59 Å². The highest BCUT2D eigenvalue weighted by Gasteiger charge is 2.46. The van der Waals surface area contributed by atoms with Crippen LogP contribution in [0.5, 0.6) is 5.75 Å². The first-order chi connectivity index (χ1) is 14.9. The summed E-state index contributed by atoms with van der Waals surface area (Å²) in [7, 11) is 0. The van der Waals surface area contributed by atoms with Crippen molar-refractivity contribution in [3.05, 3.63) is 30.4 Å². The minimum atomic E-state index is -0.122. The third-order valence-corrected chi connectivity index (χ3v) is 6.51. The lowest BCUT2D eigenvalue weighted by atomic mass is 9.85. The fourth-order valence-corrected chi connectivity index (χ4v) is 4.89.